The van der Waals surface area contributed by atoms with Gasteiger partial charge < -0.3 is 38.6 Å². The van der Waals surface area contributed by atoms with Gasteiger partial charge in [-0.05, 0) is 39.8 Å². The summed E-state index contributed by atoms with van der Waals surface area (Å²) in [5.41, 5.74) is 0. The maximum atomic E-state index is 13.2. The molecule has 0 aromatic rings. The number of hydrogen-bond donors (Lipinski definition) is 1. The average molecular weight is 1010 g/mol. The molecule has 1 amide bonds. The van der Waals surface area contributed by atoms with E-state index in [1.54, 1.807) is 0 Å². The number of carbonyl (C=O) groups is 7. The third kappa shape index (κ3) is 45.8. The van der Waals surface area contributed by atoms with E-state index in [9.17, 15) is 33.6 Å². The maximum Gasteiger partial charge on any atom is 0.320 e. The van der Waals surface area contributed by atoms with E-state index in [0.717, 1.165) is 128 Å². The molecule has 0 saturated carbocycles. The van der Waals surface area contributed by atoms with Crippen LogP contribution in [0.5, 0.6) is 0 Å². The molecular formula is C54H100N4O13. The van der Waals surface area contributed by atoms with Crippen molar-refractivity contribution in [3.63, 3.8) is 0 Å². The largest absolute Gasteiger partial charge is 0.465 e. The number of ether oxygens (including phenoxy) is 6. The van der Waals surface area contributed by atoms with Crippen molar-refractivity contribution in [1.29, 1.82) is 0 Å². The van der Waals surface area contributed by atoms with Gasteiger partial charge in [-0.25, -0.2) is 0 Å². The van der Waals surface area contributed by atoms with Crippen molar-refractivity contribution in [2.24, 2.45) is 0 Å². The van der Waals surface area contributed by atoms with Gasteiger partial charge in [-0.15, -0.1) is 0 Å². The highest BCUT2D eigenvalue weighted by molar-refractivity contribution is 5.79. The standard InChI is InChI=1S/C54H100N4O13/c1-7-11-15-19-23-27-35-66-49(60)41-57(42-50(61)67-36-28-24-20-16-12-8-2)45-53(64)70-39-32-47(55-48(59)31-34-56(5)6)33-40-71-54(65)46-58(43-51(62)68-37-29-25-21-17-13-9-3)44-52(63)69-38-30-26-22-18-14-10-4/h47H,7-46H2,1-6H3,(H,55,59). The van der Waals surface area contributed by atoms with Crippen LogP contribution in [-0.4, -0.2) is 162 Å². The van der Waals surface area contributed by atoms with Crippen LogP contribution >= 0.6 is 0 Å². The second-order valence-electron chi connectivity index (χ2n) is 19.1. The number of esters is 6. The molecule has 0 aliphatic rings. The molecule has 0 aliphatic heterocycles. The Bertz CT molecular complexity index is 1230. The lowest BCUT2D eigenvalue weighted by atomic mass is 10.1. The molecule has 0 spiro atoms. The van der Waals surface area contributed by atoms with Gasteiger partial charge in [0.15, 0.2) is 0 Å². The second-order valence-corrected chi connectivity index (χ2v) is 19.1. The van der Waals surface area contributed by atoms with Crippen LogP contribution in [0.15, 0.2) is 0 Å². The smallest absolute Gasteiger partial charge is 0.320 e. The van der Waals surface area contributed by atoms with Crippen LogP contribution in [-0.2, 0) is 62.0 Å². The molecule has 0 aromatic carbocycles. The van der Waals surface area contributed by atoms with Gasteiger partial charge in [-0.1, -0.05) is 156 Å². The summed E-state index contributed by atoms with van der Waals surface area (Å²) in [4.78, 5) is 95.1. The summed E-state index contributed by atoms with van der Waals surface area (Å²) in [5.74, 6) is -3.83. The summed E-state index contributed by atoms with van der Waals surface area (Å²) in [6, 6.07) is -0.555. The van der Waals surface area contributed by atoms with E-state index in [1.165, 1.54) is 35.5 Å². The zero-order chi connectivity index (χ0) is 52.6. The molecule has 0 fully saturated rings. The zero-order valence-electron chi connectivity index (χ0n) is 45.5. The third-order valence-electron chi connectivity index (χ3n) is 11.8. The van der Waals surface area contributed by atoms with E-state index in [4.69, 9.17) is 28.4 Å². The monoisotopic (exact) mass is 1010 g/mol. The highest BCUT2D eigenvalue weighted by Crippen LogP contribution is 2.10. The molecule has 0 atom stereocenters. The Morgan fingerprint density at radius 2 is 0.592 bits per heavy atom. The number of carbonyl (C=O) groups excluding carboxylic acids is 7. The Hall–Kier alpha value is -3.83. The van der Waals surface area contributed by atoms with Gasteiger partial charge >= 0.3 is 35.8 Å². The molecule has 0 aliphatic carbocycles. The topological polar surface area (TPSA) is 197 Å². The molecule has 17 heteroatoms. The van der Waals surface area contributed by atoms with Crippen LogP contribution in [0.1, 0.15) is 201 Å². The van der Waals surface area contributed by atoms with Crippen LogP contribution in [0.4, 0.5) is 0 Å². The first-order chi connectivity index (χ1) is 34.3. The van der Waals surface area contributed by atoms with E-state index >= 15 is 0 Å². The summed E-state index contributed by atoms with van der Waals surface area (Å²) in [5, 5.41) is 2.95. The highest BCUT2D eigenvalue weighted by Gasteiger charge is 2.23. The fraction of sp³-hybridized carbons (Fsp3) is 0.870. The predicted octanol–water partition coefficient (Wildman–Crippen LogP) is 8.51. The average Bonchev–Trinajstić information content (AvgIpc) is 3.32. The van der Waals surface area contributed by atoms with E-state index < -0.39 is 41.9 Å². The molecule has 1 N–H and O–H groups in total. The van der Waals surface area contributed by atoms with Crippen molar-refractivity contribution in [1.82, 2.24) is 20.0 Å². The SMILES string of the molecule is CCCCCCCCOC(=O)CN(CC(=O)OCCCCCCCC)CC(=O)OCCC(CCOC(=O)CN(CC(=O)OCCCCCCCC)CC(=O)OCCCCCCCC)NC(=O)CCN(C)C. The molecule has 0 heterocycles. The minimum Gasteiger partial charge on any atom is -0.465 e. The Balaban J connectivity index is 5.54. The van der Waals surface area contributed by atoms with Crippen molar-refractivity contribution in [3.05, 3.63) is 0 Å². The number of rotatable bonds is 50. The Morgan fingerprint density at radius 1 is 0.352 bits per heavy atom. The molecule has 17 nitrogen and oxygen atoms in total. The first-order valence-electron chi connectivity index (χ1n) is 27.7. The van der Waals surface area contributed by atoms with Crippen molar-refractivity contribution in [2.75, 3.05) is 99.5 Å². The summed E-state index contributed by atoms with van der Waals surface area (Å²) in [6.07, 6.45) is 25.3. The van der Waals surface area contributed by atoms with E-state index in [2.05, 4.69) is 33.0 Å². The lowest BCUT2D eigenvalue weighted by Gasteiger charge is -2.22. The van der Waals surface area contributed by atoms with Gasteiger partial charge in [0.2, 0.25) is 5.91 Å². The molecule has 0 bridgehead atoms. The molecule has 414 valence electrons. The van der Waals surface area contributed by atoms with Gasteiger partial charge in [0.05, 0.1) is 78.9 Å². The van der Waals surface area contributed by atoms with Crippen LogP contribution in [0.2, 0.25) is 0 Å². The number of nitrogens with one attached hydrogen (secondary N) is 1. The number of amides is 1. The molecule has 0 unspecified atom stereocenters. The normalized spacial score (nSPS) is 11.3. The van der Waals surface area contributed by atoms with Gasteiger partial charge in [0, 0.05) is 31.8 Å². The zero-order valence-corrected chi connectivity index (χ0v) is 45.5. The molecule has 71 heavy (non-hydrogen) atoms. The minimum atomic E-state index is -0.683. The Morgan fingerprint density at radius 3 is 0.845 bits per heavy atom. The van der Waals surface area contributed by atoms with Gasteiger partial charge in [0.1, 0.15) is 0 Å². The van der Waals surface area contributed by atoms with E-state index in [1.807, 2.05) is 19.0 Å². The minimum absolute atomic E-state index is 0.111. The van der Waals surface area contributed by atoms with Crippen molar-refractivity contribution in [2.45, 2.75) is 207 Å². The second kappa shape index (κ2) is 48.4. The fourth-order valence-corrected chi connectivity index (χ4v) is 7.52. The Kier molecular flexibility index (Phi) is 45.8. The van der Waals surface area contributed by atoms with Crippen LogP contribution in [0.25, 0.3) is 0 Å². The van der Waals surface area contributed by atoms with Crippen molar-refractivity contribution in [3.8, 4) is 0 Å². The van der Waals surface area contributed by atoms with Crippen LogP contribution in [0, 0.1) is 0 Å². The summed E-state index contributed by atoms with van der Waals surface area (Å²) >= 11 is 0. The lowest BCUT2D eigenvalue weighted by molar-refractivity contribution is -0.154. The summed E-state index contributed by atoms with van der Waals surface area (Å²) < 4.78 is 32.9. The molecule has 0 radical (unpaired) electrons. The van der Waals surface area contributed by atoms with Crippen molar-refractivity contribution < 1.29 is 62.0 Å². The summed E-state index contributed by atoms with van der Waals surface area (Å²) in [6.45, 7) is 7.96. The van der Waals surface area contributed by atoms with E-state index in [0.29, 0.717) is 6.54 Å². The molecular weight excluding hydrogens is 913 g/mol. The maximum absolute atomic E-state index is 13.2. The van der Waals surface area contributed by atoms with Gasteiger partial charge in [-0.3, -0.25) is 43.4 Å². The number of unbranched alkanes of at least 4 members (excludes halogenated alkanes) is 20. The quantitative estimate of drug-likeness (QED) is 0.0346. The number of nitrogens with zero attached hydrogens (tertiary/aromatic N) is 3. The Labute approximate surface area is 429 Å². The lowest BCUT2D eigenvalue weighted by Crippen LogP contribution is -2.41. The molecule has 0 saturated heterocycles. The fourth-order valence-electron chi connectivity index (χ4n) is 7.52. The first kappa shape index (κ1) is 67.2. The predicted molar refractivity (Wildman–Crippen MR) is 276 cm³/mol. The molecule has 0 rings (SSSR count). The summed E-state index contributed by atoms with van der Waals surface area (Å²) in [7, 11) is 3.71. The van der Waals surface area contributed by atoms with Gasteiger partial charge in [0.25, 0.3) is 0 Å². The van der Waals surface area contributed by atoms with Crippen molar-refractivity contribution >= 4 is 41.7 Å². The van der Waals surface area contributed by atoms with Gasteiger partial charge in [-0.2, -0.15) is 0 Å². The highest BCUT2D eigenvalue weighted by atomic mass is 16.6. The van der Waals surface area contributed by atoms with Crippen LogP contribution < -0.4 is 5.32 Å². The van der Waals surface area contributed by atoms with E-state index in [-0.39, 0.29) is 104 Å². The van der Waals surface area contributed by atoms with Crippen LogP contribution in [0.3, 0.4) is 0 Å². The molecule has 0 aromatic heterocycles. The number of hydrogen-bond acceptors (Lipinski definition) is 16. The third-order valence-corrected chi connectivity index (χ3v) is 11.8. The first-order valence-corrected chi connectivity index (χ1v) is 27.7.